The van der Waals surface area contributed by atoms with E-state index in [0.29, 0.717) is 19.3 Å². The van der Waals surface area contributed by atoms with Gasteiger partial charge in [0.15, 0.2) is 6.10 Å². The molecule has 0 amide bonds. The zero-order valence-corrected chi connectivity index (χ0v) is 39.7. The topological polar surface area (TPSA) is 78.9 Å². The minimum atomic E-state index is -0.806. The molecule has 0 N–H and O–H groups in total. The van der Waals surface area contributed by atoms with Crippen molar-refractivity contribution in [2.24, 2.45) is 0 Å². The van der Waals surface area contributed by atoms with Gasteiger partial charge in [-0.15, -0.1) is 0 Å². The summed E-state index contributed by atoms with van der Waals surface area (Å²) in [5.74, 6) is -0.983. The predicted molar refractivity (Wildman–Crippen MR) is 261 cm³/mol. The SMILES string of the molecule is CC/C=C\C/C=C\C/C=C\C/C=C\C/C=C\CCCC(=O)OCC(COC(=O)CCCCCCC/C=C\CCCCCC)OC(=O)CCCCCCC/C=C\CCCCCC. The number of hydrogen-bond donors (Lipinski definition) is 0. The Bertz CT molecular complexity index is 1200. The van der Waals surface area contributed by atoms with Gasteiger partial charge in [0.2, 0.25) is 0 Å². The van der Waals surface area contributed by atoms with Gasteiger partial charge in [-0.3, -0.25) is 14.4 Å². The average Bonchev–Trinajstić information content (AvgIpc) is 3.26. The Balaban J connectivity index is 4.50. The molecule has 1 atom stereocenters. The van der Waals surface area contributed by atoms with Crippen LogP contribution >= 0.6 is 0 Å². The molecule has 0 aliphatic rings. The summed E-state index contributed by atoms with van der Waals surface area (Å²) in [4.78, 5) is 37.9. The van der Waals surface area contributed by atoms with E-state index in [1.165, 1.54) is 77.0 Å². The summed E-state index contributed by atoms with van der Waals surface area (Å²) in [6.45, 7) is 6.42. The first-order valence-electron chi connectivity index (χ1n) is 25.1. The van der Waals surface area contributed by atoms with E-state index in [2.05, 4.69) is 106 Å². The Morgan fingerprint density at radius 1 is 0.344 bits per heavy atom. The van der Waals surface area contributed by atoms with Crippen LogP contribution in [0.15, 0.2) is 85.1 Å². The van der Waals surface area contributed by atoms with Crippen LogP contribution in [0, 0.1) is 0 Å². The second-order valence-electron chi connectivity index (χ2n) is 16.3. The highest BCUT2D eigenvalue weighted by molar-refractivity contribution is 5.71. The van der Waals surface area contributed by atoms with Crippen molar-refractivity contribution in [2.45, 2.75) is 232 Å². The summed E-state index contributed by atoms with van der Waals surface area (Å²) in [6, 6.07) is 0. The van der Waals surface area contributed by atoms with Gasteiger partial charge >= 0.3 is 17.9 Å². The van der Waals surface area contributed by atoms with E-state index < -0.39 is 6.10 Å². The Morgan fingerprint density at radius 2 is 0.656 bits per heavy atom. The average molecular weight is 849 g/mol. The van der Waals surface area contributed by atoms with E-state index >= 15 is 0 Å². The third-order valence-electron chi connectivity index (χ3n) is 10.4. The molecule has 0 aromatic carbocycles. The fraction of sp³-hybridized carbons (Fsp3) is 0.691. The highest BCUT2D eigenvalue weighted by Crippen LogP contribution is 2.13. The molecule has 0 aliphatic heterocycles. The van der Waals surface area contributed by atoms with Crippen LogP contribution in [0.4, 0.5) is 0 Å². The van der Waals surface area contributed by atoms with Gasteiger partial charge < -0.3 is 14.2 Å². The van der Waals surface area contributed by atoms with Gasteiger partial charge in [0.1, 0.15) is 13.2 Å². The third-order valence-corrected chi connectivity index (χ3v) is 10.4. The third kappa shape index (κ3) is 47.5. The fourth-order valence-electron chi connectivity index (χ4n) is 6.58. The van der Waals surface area contributed by atoms with E-state index in [9.17, 15) is 14.4 Å². The van der Waals surface area contributed by atoms with E-state index in [1.807, 2.05) is 0 Å². The number of hydrogen-bond acceptors (Lipinski definition) is 6. The van der Waals surface area contributed by atoms with Crippen molar-refractivity contribution in [1.82, 2.24) is 0 Å². The molecule has 0 radical (unpaired) electrons. The lowest BCUT2D eigenvalue weighted by molar-refractivity contribution is -0.167. The summed E-state index contributed by atoms with van der Waals surface area (Å²) in [5.41, 5.74) is 0. The number of carbonyl (C=O) groups excluding carboxylic acids is 3. The van der Waals surface area contributed by atoms with E-state index in [-0.39, 0.29) is 37.5 Å². The van der Waals surface area contributed by atoms with Crippen molar-refractivity contribution < 1.29 is 28.6 Å². The van der Waals surface area contributed by atoms with Gasteiger partial charge in [-0.1, -0.05) is 183 Å². The van der Waals surface area contributed by atoms with E-state index in [1.54, 1.807) is 0 Å². The first kappa shape index (κ1) is 57.6. The molecular weight excluding hydrogens is 757 g/mol. The van der Waals surface area contributed by atoms with Crippen LogP contribution in [-0.4, -0.2) is 37.2 Å². The van der Waals surface area contributed by atoms with Gasteiger partial charge in [0.05, 0.1) is 0 Å². The number of ether oxygens (including phenoxy) is 3. The quantitative estimate of drug-likeness (QED) is 0.0263. The molecule has 0 aromatic rings. The molecule has 0 aromatic heterocycles. The number of unbranched alkanes of at least 4 members (excludes halogenated alkanes) is 19. The number of allylic oxidation sites excluding steroid dienone is 14. The van der Waals surface area contributed by atoms with Crippen LogP contribution in [0.2, 0.25) is 0 Å². The lowest BCUT2D eigenvalue weighted by Crippen LogP contribution is -2.30. The smallest absolute Gasteiger partial charge is 0.306 e. The second-order valence-corrected chi connectivity index (χ2v) is 16.3. The minimum Gasteiger partial charge on any atom is -0.462 e. The minimum absolute atomic E-state index is 0.102. The van der Waals surface area contributed by atoms with Gasteiger partial charge in [-0.2, -0.15) is 0 Å². The zero-order chi connectivity index (χ0) is 44.4. The standard InChI is InChI=1S/C55H92O6/c1-4-7-10-13-16-19-22-25-26-27-28-31-33-36-39-42-45-48-54(57)60-51-52(61-55(58)49-46-43-40-37-34-30-24-21-18-15-12-9-6-3)50-59-53(56)47-44-41-38-35-32-29-23-20-17-14-11-8-5-2/h7,10,16,19-21,23-26,28,31,36,39,52H,4-6,8-9,11-15,17-18,22,27,29-30,32-35,37-38,40-51H2,1-3H3/b10-7-,19-16-,23-20-,24-21-,26-25-,31-28-,39-36-. The molecule has 0 saturated heterocycles. The number of rotatable bonds is 44. The zero-order valence-electron chi connectivity index (χ0n) is 39.7. The maximum Gasteiger partial charge on any atom is 0.306 e. The molecule has 61 heavy (non-hydrogen) atoms. The van der Waals surface area contributed by atoms with Gasteiger partial charge in [0.25, 0.3) is 0 Å². The van der Waals surface area contributed by atoms with Crippen molar-refractivity contribution in [3.63, 3.8) is 0 Å². The fourth-order valence-corrected chi connectivity index (χ4v) is 6.58. The van der Waals surface area contributed by atoms with E-state index in [0.717, 1.165) is 103 Å². The summed E-state index contributed by atoms with van der Waals surface area (Å²) in [5, 5.41) is 0. The summed E-state index contributed by atoms with van der Waals surface area (Å²) in [7, 11) is 0. The van der Waals surface area contributed by atoms with E-state index in [4.69, 9.17) is 14.2 Å². The highest BCUT2D eigenvalue weighted by atomic mass is 16.6. The van der Waals surface area contributed by atoms with Crippen LogP contribution in [0.3, 0.4) is 0 Å². The highest BCUT2D eigenvalue weighted by Gasteiger charge is 2.19. The summed E-state index contributed by atoms with van der Waals surface area (Å²) < 4.78 is 16.7. The molecule has 6 nitrogen and oxygen atoms in total. The number of carbonyl (C=O) groups is 3. The second kappa shape index (κ2) is 49.2. The largest absolute Gasteiger partial charge is 0.462 e. The van der Waals surface area contributed by atoms with Gasteiger partial charge in [0, 0.05) is 19.3 Å². The Labute approximate surface area is 375 Å². The van der Waals surface area contributed by atoms with Gasteiger partial charge in [-0.25, -0.2) is 0 Å². The molecule has 0 bridgehead atoms. The molecule has 0 heterocycles. The normalized spacial score (nSPS) is 12.8. The van der Waals surface area contributed by atoms with Crippen molar-refractivity contribution in [2.75, 3.05) is 13.2 Å². The molecular formula is C55H92O6. The monoisotopic (exact) mass is 849 g/mol. The van der Waals surface area contributed by atoms with Crippen LogP contribution < -0.4 is 0 Å². The molecule has 0 spiro atoms. The molecule has 0 rings (SSSR count). The Morgan fingerprint density at radius 3 is 1.08 bits per heavy atom. The molecule has 0 fully saturated rings. The van der Waals surface area contributed by atoms with Crippen molar-refractivity contribution in [3.8, 4) is 0 Å². The first-order valence-corrected chi connectivity index (χ1v) is 25.1. The van der Waals surface area contributed by atoms with Crippen LogP contribution in [-0.2, 0) is 28.6 Å². The lowest BCUT2D eigenvalue weighted by atomic mass is 10.1. The van der Waals surface area contributed by atoms with Crippen LogP contribution in [0.5, 0.6) is 0 Å². The molecule has 348 valence electrons. The first-order chi connectivity index (χ1) is 30.0. The molecule has 0 saturated carbocycles. The molecule has 0 aliphatic carbocycles. The van der Waals surface area contributed by atoms with Gasteiger partial charge in [-0.05, 0) is 109 Å². The van der Waals surface area contributed by atoms with Crippen LogP contribution in [0.25, 0.3) is 0 Å². The van der Waals surface area contributed by atoms with Crippen molar-refractivity contribution >= 4 is 17.9 Å². The summed E-state index contributed by atoms with van der Waals surface area (Å²) in [6.07, 6.45) is 62.8. The molecule has 1 unspecified atom stereocenters. The Hall–Kier alpha value is -3.41. The maximum absolute atomic E-state index is 12.8. The summed E-state index contributed by atoms with van der Waals surface area (Å²) >= 11 is 0. The molecule has 6 heteroatoms. The Kier molecular flexibility index (Phi) is 46.5. The maximum atomic E-state index is 12.8. The van der Waals surface area contributed by atoms with Crippen LogP contribution in [0.1, 0.15) is 226 Å². The predicted octanol–water partition coefficient (Wildman–Crippen LogP) is 16.4. The number of esters is 3. The van der Waals surface area contributed by atoms with Crippen molar-refractivity contribution in [3.05, 3.63) is 85.1 Å². The lowest BCUT2D eigenvalue weighted by Gasteiger charge is -2.18. The van der Waals surface area contributed by atoms with Crippen molar-refractivity contribution in [1.29, 1.82) is 0 Å².